The molecule has 0 aliphatic rings. The maximum Gasteiger partial charge on any atom is 0.203 e. The number of hydrogen-bond donors (Lipinski definition) is 4. The van der Waals surface area contributed by atoms with Gasteiger partial charge in [-0.25, -0.2) is 15.8 Å². The molecule has 6 N–H and O–H groups in total. The summed E-state index contributed by atoms with van der Waals surface area (Å²) in [5.41, 5.74) is 7.71. The van der Waals surface area contributed by atoms with Crippen molar-refractivity contribution in [1.82, 2.24) is 15.4 Å². The molecule has 0 bridgehead atoms. The number of nitrogens with one attached hydrogen (secondary N) is 2. The first-order chi connectivity index (χ1) is 6.27. The highest BCUT2D eigenvalue weighted by Crippen LogP contribution is 2.15. The van der Waals surface area contributed by atoms with E-state index in [1.165, 1.54) is 0 Å². The molecule has 1 aromatic rings. The third kappa shape index (κ3) is 2.45. The van der Waals surface area contributed by atoms with Crippen LogP contribution in [0.4, 0.5) is 0 Å². The van der Waals surface area contributed by atoms with E-state index in [1.807, 2.05) is 6.92 Å². The fourth-order valence-corrected chi connectivity index (χ4v) is 1.01. The summed E-state index contributed by atoms with van der Waals surface area (Å²) in [6.07, 6.45) is 4.25. The van der Waals surface area contributed by atoms with Gasteiger partial charge < -0.3 is 10.7 Å². The zero-order valence-corrected chi connectivity index (χ0v) is 7.49. The Bertz CT molecular complexity index is 265. The highest BCUT2D eigenvalue weighted by atomic mass is 15.3. The predicted molar refractivity (Wildman–Crippen MR) is 50.6 cm³/mol. The molecule has 0 fully saturated rings. The Labute approximate surface area is 76.4 Å². The van der Waals surface area contributed by atoms with Gasteiger partial charge in [-0.05, 0) is 6.42 Å². The van der Waals surface area contributed by atoms with Crippen LogP contribution in [0.5, 0.6) is 0 Å². The van der Waals surface area contributed by atoms with Crippen molar-refractivity contribution in [2.45, 2.75) is 19.4 Å². The summed E-state index contributed by atoms with van der Waals surface area (Å²) < 4.78 is 0. The van der Waals surface area contributed by atoms with E-state index in [4.69, 9.17) is 11.6 Å². The van der Waals surface area contributed by atoms with Gasteiger partial charge in [0.15, 0.2) is 0 Å². The van der Waals surface area contributed by atoms with E-state index < -0.39 is 0 Å². The molecular formula is C7H14N6. The average Bonchev–Trinajstić information content (AvgIpc) is 2.66. The van der Waals surface area contributed by atoms with E-state index in [0.29, 0.717) is 0 Å². The number of nitrogens with zero attached hydrogens (tertiary/aromatic N) is 2. The minimum Gasteiger partial charge on any atom is -0.369 e. The summed E-state index contributed by atoms with van der Waals surface area (Å²) in [6.45, 7) is 2.00. The molecule has 1 rings (SSSR count). The Hall–Kier alpha value is -1.56. The molecule has 6 heteroatoms. The molecule has 0 saturated heterocycles. The van der Waals surface area contributed by atoms with Crippen LogP contribution in [0.15, 0.2) is 17.4 Å². The van der Waals surface area contributed by atoms with Crippen LogP contribution in [0.25, 0.3) is 0 Å². The monoisotopic (exact) mass is 182 g/mol. The molecule has 13 heavy (non-hydrogen) atoms. The standard InChI is InChI=1S/C7H14N6/c1-2-5(12-7(8)13-9)6-10-3-4-11-6/h3-5H,2,9H2,1H3,(H,10,11)(H3,8,12,13). The summed E-state index contributed by atoms with van der Waals surface area (Å²) >= 11 is 0. The van der Waals surface area contributed by atoms with Crippen LogP contribution in [0, 0.1) is 0 Å². The van der Waals surface area contributed by atoms with Crippen LogP contribution < -0.4 is 17.0 Å². The van der Waals surface area contributed by atoms with Crippen LogP contribution in [-0.2, 0) is 0 Å². The van der Waals surface area contributed by atoms with E-state index in [-0.39, 0.29) is 12.0 Å². The second kappa shape index (κ2) is 4.46. The fourth-order valence-electron chi connectivity index (χ4n) is 1.01. The van der Waals surface area contributed by atoms with Gasteiger partial charge >= 0.3 is 0 Å². The number of imidazole rings is 1. The van der Waals surface area contributed by atoms with Crippen molar-refractivity contribution in [2.75, 3.05) is 0 Å². The Kier molecular flexibility index (Phi) is 3.27. The zero-order valence-electron chi connectivity index (χ0n) is 7.49. The lowest BCUT2D eigenvalue weighted by molar-refractivity contribution is 0.654. The molecule has 0 aliphatic heterocycles. The summed E-state index contributed by atoms with van der Waals surface area (Å²) in [5.74, 6) is 6.10. The number of aromatic amines is 1. The summed E-state index contributed by atoms with van der Waals surface area (Å²) in [4.78, 5) is 11.2. The zero-order chi connectivity index (χ0) is 9.68. The Morgan fingerprint density at radius 3 is 3.08 bits per heavy atom. The summed E-state index contributed by atoms with van der Waals surface area (Å²) in [5, 5.41) is 0. The molecular weight excluding hydrogens is 168 g/mol. The molecule has 0 aromatic carbocycles. The van der Waals surface area contributed by atoms with Crippen LogP contribution in [0.1, 0.15) is 25.2 Å². The molecule has 1 atom stereocenters. The largest absolute Gasteiger partial charge is 0.369 e. The smallest absolute Gasteiger partial charge is 0.203 e. The maximum atomic E-state index is 5.43. The average molecular weight is 182 g/mol. The molecule has 0 saturated carbocycles. The second-order valence-electron chi connectivity index (χ2n) is 2.56. The number of hydrazine groups is 1. The molecule has 1 unspecified atom stereocenters. The molecule has 0 spiro atoms. The molecule has 0 amide bonds. The van der Waals surface area contributed by atoms with Crippen LogP contribution in [0.3, 0.4) is 0 Å². The van der Waals surface area contributed by atoms with Gasteiger partial charge in [0.05, 0.1) is 0 Å². The molecule has 6 nitrogen and oxygen atoms in total. The van der Waals surface area contributed by atoms with E-state index in [2.05, 4.69) is 20.4 Å². The first-order valence-electron chi connectivity index (χ1n) is 4.07. The highest BCUT2D eigenvalue weighted by molar-refractivity contribution is 5.77. The van der Waals surface area contributed by atoms with Gasteiger partial charge in [0, 0.05) is 12.4 Å². The van der Waals surface area contributed by atoms with Crippen molar-refractivity contribution >= 4 is 5.96 Å². The summed E-state index contributed by atoms with van der Waals surface area (Å²) in [6, 6.07) is -0.0638. The van der Waals surface area contributed by atoms with Crippen molar-refractivity contribution < 1.29 is 0 Å². The molecule has 1 aromatic heterocycles. The number of H-pyrrole nitrogens is 1. The lowest BCUT2D eigenvalue weighted by Crippen LogP contribution is -2.37. The van der Waals surface area contributed by atoms with E-state index in [1.54, 1.807) is 12.4 Å². The van der Waals surface area contributed by atoms with Crippen molar-refractivity contribution in [3.8, 4) is 0 Å². The van der Waals surface area contributed by atoms with Gasteiger partial charge in [-0.3, -0.25) is 5.43 Å². The van der Waals surface area contributed by atoms with Gasteiger partial charge in [-0.15, -0.1) is 0 Å². The Morgan fingerprint density at radius 2 is 2.62 bits per heavy atom. The number of hydrogen-bond acceptors (Lipinski definition) is 3. The first kappa shape index (κ1) is 9.53. The SMILES string of the molecule is CCC(N=C(N)NN)c1ncc[nH]1. The quantitative estimate of drug-likeness (QED) is 0.222. The minimum absolute atomic E-state index is 0.0638. The summed E-state index contributed by atoms with van der Waals surface area (Å²) in [7, 11) is 0. The number of guanidine groups is 1. The second-order valence-corrected chi connectivity index (χ2v) is 2.56. The molecule has 1 heterocycles. The third-order valence-electron chi connectivity index (χ3n) is 1.66. The van der Waals surface area contributed by atoms with Crippen molar-refractivity contribution in [3.63, 3.8) is 0 Å². The van der Waals surface area contributed by atoms with Gasteiger partial charge in [0.1, 0.15) is 11.9 Å². The Balaban J connectivity index is 2.75. The van der Waals surface area contributed by atoms with Crippen LogP contribution in [0.2, 0.25) is 0 Å². The lowest BCUT2D eigenvalue weighted by atomic mass is 10.2. The first-order valence-corrected chi connectivity index (χ1v) is 4.07. The van der Waals surface area contributed by atoms with E-state index in [9.17, 15) is 0 Å². The third-order valence-corrected chi connectivity index (χ3v) is 1.66. The minimum atomic E-state index is -0.0638. The van der Waals surface area contributed by atoms with Gasteiger partial charge in [0.2, 0.25) is 5.96 Å². The molecule has 72 valence electrons. The van der Waals surface area contributed by atoms with Crippen molar-refractivity contribution in [2.24, 2.45) is 16.6 Å². The number of aliphatic imine (C=N–C) groups is 1. The van der Waals surface area contributed by atoms with Crippen molar-refractivity contribution in [3.05, 3.63) is 18.2 Å². The Morgan fingerprint density at radius 1 is 1.85 bits per heavy atom. The van der Waals surface area contributed by atoms with E-state index in [0.717, 1.165) is 12.2 Å². The molecule has 0 radical (unpaired) electrons. The van der Waals surface area contributed by atoms with E-state index >= 15 is 0 Å². The van der Waals surface area contributed by atoms with Gasteiger partial charge in [-0.2, -0.15) is 0 Å². The van der Waals surface area contributed by atoms with Gasteiger partial charge in [0.25, 0.3) is 0 Å². The fraction of sp³-hybridized carbons (Fsp3) is 0.429. The van der Waals surface area contributed by atoms with Crippen molar-refractivity contribution in [1.29, 1.82) is 0 Å². The highest BCUT2D eigenvalue weighted by Gasteiger charge is 2.09. The topological polar surface area (TPSA) is 105 Å². The maximum absolute atomic E-state index is 5.43. The van der Waals surface area contributed by atoms with Crippen LogP contribution in [-0.4, -0.2) is 15.9 Å². The lowest BCUT2D eigenvalue weighted by Gasteiger charge is -2.07. The van der Waals surface area contributed by atoms with Gasteiger partial charge in [-0.1, -0.05) is 6.92 Å². The normalized spacial score (nSPS) is 14.2. The number of aromatic nitrogens is 2. The molecule has 0 aliphatic carbocycles. The predicted octanol–water partition coefficient (Wildman–Crippen LogP) is -0.361. The van der Waals surface area contributed by atoms with Crippen LogP contribution >= 0.6 is 0 Å². The number of nitrogens with two attached hydrogens (primary N) is 2. The number of rotatable bonds is 3.